The third-order valence-corrected chi connectivity index (χ3v) is 3.27. The highest BCUT2D eigenvalue weighted by Gasteiger charge is 2.25. The summed E-state index contributed by atoms with van der Waals surface area (Å²) in [5, 5.41) is -0.485. The minimum Gasteiger partial charge on any atom is -0.461 e. The molecule has 0 aliphatic carbocycles. The second-order valence-electron chi connectivity index (χ2n) is 3.19. The molecule has 118 valence electrons. The van der Waals surface area contributed by atoms with Crippen molar-refractivity contribution in [2.24, 2.45) is 0 Å². The van der Waals surface area contributed by atoms with Gasteiger partial charge >= 0.3 is 11.9 Å². The zero-order valence-corrected chi connectivity index (χ0v) is 14.4. The van der Waals surface area contributed by atoms with E-state index in [0.29, 0.717) is 0 Å². The zero-order valence-electron chi connectivity index (χ0n) is 12.1. The molecule has 0 spiro atoms. The molecular weight excluding hydrogens is 341 g/mol. The number of esters is 2. The molecule has 21 heavy (non-hydrogen) atoms. The maximum Gasteiger partial charge on any atom is 0.358 e. The van der Waals surface area contributed by atoms with Crippen LogP contribution in [-0.4, -0.2) is 30.1 Å². The summed E-state index contributed by atoms with van der Waals surface area (Å²) < 4.78 is 9.52. The quantitative estimate of drug-likeness (QED) is 0.747. The van der Waals surface area contributed by atoms with Crippen molar-refractivity contribution in [2.45, 2.75) is 27.7 Å². The first-order valence-electron chi connectivity index (χ1n) is 6.32. The highest BCUT2D eigenvalue weighted by molar-refractivity contribution is 6.49. The largest absolute Gasteiger partial charge is 0.461 e. The van der Waals surface area contributed by atoms with E-state index in [1.807, 2.05) is 13.8 Å². The summed E-state index contributed by atoms with van der Waals surface area (Å²) in [7, 11) is 0. The Bertz CT molecular complexity index is 478. The van der Waals surface area contributed by atoms with Gasteiger partial charge in [-0.25, -0.2) is 14.6 Å². The lowest BCUT2D eigenvalue weighted by Gasteiger charge is -2.10. The van der Waals surface area contributed by atoms with Crippen molar-refractivity contribution >= 4 is 46.7 Å². The summed E-state index contributed by atoms with van der Waals surface area (Å²) >= 11 is 17.6. The van der Waals surface area contributed by atoms with Gasteiger partial charge in [-0.05, 0) is 13.8 Å². The number of rotatable bonds is 4. The topological polar surface area (TPSA) is 65.5 Å². The van der Waals surface area contributed by atoms with Crippen LogP contribution >= 0.6 is 34.8 Å². The lowest BCUT2D eigenvalue weighted by molar-refractivity contribution is 0.0512. The molecule has 1 aromatic rings. The van der Waals surface area contributed by atoms with E-state index < -0.39 is 11.9 Å². The Hall–Kier alpha value is -1.04. The van der Waals surface area contributed by atoms with Gasteiger partial charge < -0.3 is 9.47 Å². The SMILES string of the molecule is CC.CCOC(=O)c1nc(C(=O)OCC)c(Cl)c(Cl)c1Cl. The number of aromatic nitrogens is 1. The van der Waals surface area contributed by atoms with Gasteiger partial charge in [-0.15, -0.1) is 0 Å². The molecular formula is C13H16Cl3NO4. The molecule has 0 amide bonds. The summed E-state index contributed by atoms with van der Waals surface area (Å²) in [6.07, 6.45) is 0. The van der Waals surface area contributed by atoms with Gasteiger partial charge in [-0.1, -0.05) is 48.7 Å². The molecule has 0 aromatic carbocycles. The first kappa shape index (κ1) is 20.0. The third kappa shape index (κ3) is 5.02. The number of halogens is 3. The molecule has 8 heteroatoms. The molecule has 5 nitrogen and oxygen atoms in total. The van der Waals surface area contributed by atoms with Gasteiger partial charge in [0.1, 0.15) is 0 Å². The van der Waals surface area contributed by atoms with Crippen LogP contribution in [0.4, 0.5) is 0 Å². The van der Waals surface area contributed by atoms with Crippen LogP contribution in [0.15, 0.2) is 0 Å². The minimum atomic E-state index is -0.795. The number of hydrogen-bond acceptors (Lipinski definition) is 5. The first-order valence-corrected chi connectivity index (χ1v) is 7.46. The smallest absolute Gasteiger partial charge is 0.358 e. The fraction of sp³-hybridized carbons (Fsp3) is 0.462. The molecule has 0 saturated carbocycles. The maximum absolute atomic E-state index is 11.6. The van der Waals surface area contributed by atoms with Crippen LogP contribution in [0.1, 0.15) is 48.7 Å². The summed E-state index contributed by atoms with van der Waals surface area (Å²) in [6, 6.07) is 0. The van der Waals surface area contributed by atoms with Gasteiger partial charge in [0.2, 0.25) is 0 Å². The molecule has 0 N–H and O–H groups in total. The third-order valence-electron chi connectivity index (χ3n) is 1.96. The van der Waals surface area contributed by atoms with E-state index >= 15 is 0 Å². The van der Waals surface area contributed by atoms with Gasteiger partial charge in [0, 0.05) is 0 Å². The van der Waals surface area contributed by atoms with Crippen LogP contribution in [0, 0.1) is 0 Å². The number of carbonyl (C=O) groups is 2. The average molecular weight is 357 g/mol. The van der Waals surface area contributed by atoms with Crippen LogP contribution in [-0.2, 0) is 9.47 Å². The Morgan fingerprint density at radius 1 is 0.857 bits per heavy atom. The van der Waals surface area contributed by atoms with E-state index in [2.05, 4.69) is 4.98 Å². The van der Waals surface area contributed by atoms with Crippen molar-refractivity contribution in [3.63, 3.8) is 0 Å². The molecule has 0 aliphatic rings. The predicted octanol–water partition coefficient (Wildman–Crippen LogP) is 4.42. The van der Waals surface area contributed by atoms with Crippen LogP contribution in [0.3, 0.4) is 0 Å². The van der Waals surface area contributed by atoms with Gasteiger partial charge in [0.15, 0.2) is 11.4 Å². The molecule has 1 heterocycles. The molecule has 0 atom stereocenters. The highest BCUT2D eigenvalue weighted by Crippen LogP contribution is 2.34. The Morgan fingerprint density at radius 2 is 1.19 bits per heavy atom. The Kier molecular flexibility index (Phi) is 9.33. The maximum atomic E-state index is 11.6. The van der Waals surface area contributed by atoms with E-state index in [1.165, 1.54) is 0 Å². The molecule has 0 fully saturated rings. The van der Waals surface area contributed by atoms with E-state index in [0.717, 1.165) is 0 Å². The van der Waals surface area contributed by atoms with Crippen LogP contribution in [0.5, 0.6) is 0 Å². The van der Waals surface area contributed by atoms with Crippen molar-refractivity contribution < 1.29 is 19.1 Å². The van der Waals surface area contributed by atoms with Crippen molar-refractivity contribution in [1.29, 1.82) is 0 Å². The van der Waals surface area contributed by atoms with E-state index in [1.54, 1.807) is 13.8 Å². The summed E-state index contributed by atoms with van der Waals surface area (Å²) in [5.41, 5.74) is -0.554. The Morgan fingerprint density at radius 3 is 1.48 bits per heavy atom. The number of pyridine rings is 1. The van der Waals surface area contributed by atoms with Gasteiger partial charge in [-0.3, -0.25) is 0 Å². The van der Waals surface area contributed by atoms with Crippen molar-refractivity contribution in [2.75, 3.05) is 13.2 Å². The lowest BCUT2D eigenvalue weighted by Crippen LogP contribution is -2.14. The second kappa shape index (κ2) is 9.82. The van der Waals surface area contributed by atoms with E-state index in [-0.39, 0.29) is 39.7 Å². The van der Waals surface area contributed by atoms with E-state index in [4.69, 9.17) is 44.3 Å². The Balaban J connectivity index is 0.00000191. The molecule has 1 rings (SSSR count). The Labute approximate surface area is 138 Å². The van der Waals surface area contributed by atoms with E-state index in [9.17, 15) is 9.59 Å². The molecule has 0 aliphatic heterocycles. The van der Waals surface area contributed by atoms with Crippen molar-refractivity contribution in [1.82, 2.24) is 4.98 Å². The predicted molar refractivity (Wildman–Crippen MR) is 82.5 cm³/mol. The van der Waals surface area contributed by atoms with Crippen molar-refractivity contribution in [3.8, 4) is 0 Å². The first-order chi connectivity index (χ1) is 9.93. The molecule has 0 unspecified atom stereocenters. The van der Waals surface area contributed by atoms with Crippen LogP contribution in [0.25, 0.3) is 0 Å². The van der Waals surface area contributed by atoms with Crippen LogP contribution < -0.4 is 0 Å². The fourth-order valence-corrected chi connectivity index (χ4v) is 1.84. The summed E-state index contributed by atoms with van der Waals surface area (Å²) in [4.78, 5) is 27.0. The van der Waals surface area contributed by atoms with Crippen LogP contribution in [0.2, 0.25) is 15.1 Å². The lowest BCUT2D eigenvalue weighted by atomic mass is 10.3. The second-order valence-corrected chi connectivity index (χ2v) is 4.33. The average Bonchev–Trinajstić information content (AvgIpc) is 2.47. The minimum absolute atomic E-state index is 0.131. The summed E-state index contributed by atoms with van der Waals surface area (Å²) in [6.45, 7) is 7.50. The number of ether oxygens (including phenoxy) is 2. The normalized spacial score (nSPS) is 9.48. The standard InChI is InChI=1S/C11H10Cl3NO4.C2H6/c1-3-18-10(16)8-6(13)5(12)7(14)9(15-8)11(17)19-4-2;1-2/h3-4H2,1-2H3;1-2H3. The monoisotopic (exact) mass is 355 g/mol. The highest BCUT2D eigenvalue weighted by atomic mass is 35.5. The molecule has 0 bridgehead atoms. The molecule has 0 saturated heterocycles. The summed E-state index contributed by atoms with van der Waals surface area (Å²) in [5.74, 6) is -1.59. The number of hydrogen-bond donors (Lipinski definition) is 0. The van der Waals surface area contributed by atoms with Gasteiger partial charge in [-0.2, -0.15) is 0 Å². The number of carbonyl (C=O) groups excluding carboxylic acids is 2. The van der Waals surface area contributed by atoms with Gasteiger partial charge in [0.25, 0.3) is 0 Å². The van der Waals surface area contributed by atoms with Gasteiger partial charge in [0.05, 0.1) is 28.3 Å². The number of nitrogens with zero attached hydrogens (tertiary/aromatic N) is 1. The molecule has 1 aromatic heterocycles. The molecule has 0 radical (unpaired) electrons. The zero-order chi connectivity index (χ0) is 16.6. The fourth-order valence-electron chi connectivity index (χ4n) is 1.18. The van der Waals surface area contributed by atoms with Crippen molar-refractivity contribution in [3.05, 3.63) is 26.5 Å².